The van der Waals surface area contributed by atoms with E-state index in [0.717, 1.165) is 12.5 Å². The number of halogens is 1. The lowest BCUT2D eigenvalue weighted by atomic mass is 10.1. The number of ether oxygens (including phenoxy) is 1. The molecule has 0 unspecified atom stereocenters. The zero-order chi connectivity index (χ0) is 11.3. The Morgan fingerprint density at radius 2 is 2.20 bits per heavy atom. The number of carboxylic acids is 1. The summed E-state index contributed by atoms with van der Waals surface area (Å²) in [6.07, 6.45) is 0.876. The van der Waals surface area contributed by atoms with E-state index in [1.165, 1.54) is 12.1 Å². The third-order valence-corrected chi connectivity index (χ3v) is 1.82. The minimum atomic E-state index is -1.13. The fourth-order valence-electron chi connectivity index (χ4n) is 1.19. The van der Waals surface area contributed by atoms with Crippen LogP contribution >= 0.6 is 0 Å². The zero-order valence-electron chi connectivity index (χ0n) is 8.50. The number of rotatable bonds is 5. The quantitative estimate of drug-likeness (QED) is 0.762. The highest BCUT2D eigenvalue weighted by Gasteiger charge is 2.06. The van der Waals surface area contributed by atoms with Gasteiger partial charge in [-0.15, -0.1) is 0 Å². The smallest absolute Gasteiger partial charge is 0.335 e. The Hall–Kier alpha value is -1.42. The molecule has 0 bridgehead atoms. The van der Waals surface area contributed by atoms with Gasteiger partial charge in [0.1, 0.15) is 5.82 Å². The van der Waals surface area contributed by atoms with Gasteiger partial charge in [-0.05, 0) is 30.2 Å². The molecule has 0 radical (unpaired) electrons. The average Bonchev–Trinajstić information content (AvgIpc) is 2.17. The maximum Gasteiger partial charge on any atom is 0.335 e. The molecule has 0 aromatic heterocycles. The maximum atomic E-state index is 13.0. The van der Waals surface area contributed by atoms with Crippen molar-refractivity contribution in [3.8, 4) is 0 Å². The number of hydrogen-bond donors (Lipinski definition) is 1. The summed E-state index contributed by atoms with van der Waals surface area (Å²) >= 11 is 0. The minimum Gasteiger partial charge on any atom is -0.478 e. The van der Waals surface area contributed by atoms with Crippen LogP contribution in [0.25, 0.3) is 0 Å². The van der Waals surface area contributed by atoms with E-state index in [1.54, 1.807) is 0 Å². The van der Waals surface area contributed by atoms with Gasteiger partial charge < -0.3 is 9.84 Å². The summed E-state index contributed by atoms with van der Waals surface area (Å²) in [7, 11) is 0. The fraction of sp³-hybridized carbons (Fsp3) is 0.364. The predicted molar refractivity (Wildman–Crippen MR) is 53.3 cm³/mol. The van der Waals surface area contributed by atoms with Crippen molar-refractivity contribution in [2.45, 2.75) is 20.0 Å². The minimum absolute atomic E-state index is 0.0508. The number of benzene rings is 1. The standard InChI is InChI=1S/C11H13FO3/c1-2-3-15-7-8-4-9(11(13)14)6-10(12)5-8/h4-6H,2-3,7H2,1H3,(H,13,14). The zero-order valence-corrected chi connectivity index (χ0v) is 8.50. The van der Waals surface area contributed by atoms with Crippen molar-refractivity contribution < 1.29 is 19.0 Å². The monoisotopic (exact) mass is 212 g/mol. The van der Waals surface area contributed by atoms with Gasteiger partial charge in [-0.3, -0.25) is 0 Å². The highest BCUT2D eigenvalue weighted by Crippen LogP contribution is 2.10. The van der Waals surface area contributed by atoms with Gasteiger partial charge in [0.15, 0.2) is 0 Å². The summed E-state index contributed by atoms with van der Waals surface area (Å²) in [6, 6.07) is 3.69. The van der Waals surface area contributed by atoms with Crippen LogP contribution in [0.2, 0.25) is 0 Å². The van der Waals surface area contributed by atoms with E-state index < -0.39 is 11.8 Å². The Morgan fingerprint density at radius 1 is 1.47 bits per heavy atom. The van der Waals surface area contributed by atoms with E-state index in [4.69, 9.17) is 9.84 Å². The molecule has 0 fully saturated rings. The molecule has 3 nitrogen and oxygen atoms in total. The van der Waals surface area contributed by atoms with Crippen LogP contribution in [0.5, 0.6) is 0 Å². The summed E-state index contributed by atoms with van der Waals surface area (Å²) in [5.41, 5.74) is 0.492. The number of carboxylic acid groups (broad SMARTS) is 1. The third-order valence-electron chi connectivity index (χ3n) is 1.82. The van der Waals surface area contributed by atoms with Crippen molar-refractivity contribution in [3.05, 3.63) is 35.1 Å². The van der Waals surface area contributed by atoms with Gasteiger partial charge in [-0.25, -0.2) is 9.18 Å². The Bertz CT molecular complexity index is 350. The molecule has 0 aliphatic heterocycles. The summed E-state index contributed by atoms with van der Waals surface area (Å²) in [4.78, 5) is 10.6. The van der Waals surface area contributed by atoms with Crippen molar-refractivity contribution >= 4 is 5.97 Å². The molecule has 4 heteroatoms. The molecule has 1 rings (SSSR count). The van der Waals surface area contributed by atoms with Crippen LogP contribution in [0.15, 0.2) is 18.2 Å². The largest absolute Gasteiger partial charge is 0.478 e. The average molecular weight is 212 g/mol. The molecular weight excluding hydrogens is 199 g/mol. The molecule has 0 heterocycles. The van der Waals surface area contributed by atoms with Crippen LogP contribution in [0.3, 0.4) is 0 Å². The maximum absolute atomic E-state index is 13.0. The number of carbonyl (C=O) groups is 1. The Labute approximate surface area is 87.5 Å². The first-order chi connectivity index (χ1) is 7.13. The highest BCUT2D eigenvalue weighted by molar-refractivity contribution is 5.87. The molecule has 0 atom stereocenters. The van der Waals surface area contributed by atoms with E-state index in [0.29, 0.717) is 12.2 Å². The van der Waals surface area contributed by atoms with Gasteiger partial charge in [0.25, 0.3) is 0 Å². The molecule has 0 amide bonds. The Kier molecular flexibility index (Phi) is 4.24. The summed E-state index contributed by atoms with van der Waals surface area (Å²) in [6.45, 7) is 2.79. The van der Waals surface area contributed by atoms with Crippen molar-refractivity contribution in [3.63, 3.8) is 0 Å². The van der Waals surface area contributed by atoms with Crippen LogP contribution in [0.1, 0.15) is 29.3 Å². The SMILES string of the molecule is CCCOCc1cc(F)cc(C(=O)O)c1. The second-order valence-electron chi connectivity index (χ2n) is 3.21. The van der Waals surface area contributed by atoms with Crippen LogP contribution < -0.4 is 0 Å². The van der Waals surface area contributed by atoms with Gasteiger partial charge >= 0.3 is 5.97 Å². The molecule has 1 aromatic carbocycles. The van der Waals surface area contributed by atoms with Crippen LogP contribution in [0, 0.1) is 5.82 Å². The first-order valence-electron chi connectivity index (χ1n) is 4.74. The van der Waals surface area contributed by atoms with Gasteiger partial charge in [0.2, 0.25) is 0 Å². The molecule has 1 aromatic rings. The molecule has 1 N–H and O–H groups in total. The summed E-state index contributed by atoms with van der Waals surface area (Å²) < 4.78 is 18.2. The molecule has 0 aliphatic rings. The van der Waals surface area contributed by atoms with Gasteiger partial charge in [-0.2, -0.15) is 0 Å². The molecule has 0 saturated heterocycles. The molecular formula is C11H13FO3. The number of aromatic carboxylic acids is 1. The van der Waals surface area contributed by atoms with Crippen LogP contribution in [-0.2, 0) is 11.3 Å². The molecule has 0 spiro atoms. The van der Waals surface area contributed by atoms with E-state index in [1.807, 2.05) is 6.92 Å². The first kappa shape index (κ1) is 11.7. The topological polar surface area (TPSA) is 46.5 Å². The lowest BCUT2D eigenvalue weighted by Gasteiger charge is -2.04. The second kappa shape index (κ2) is 5.46. The van der Waals surface area contributed by atoms with Gasteiger partial charge in [0, 0.05) is 6.61 Å². The normalized spacial score (nSPS) is 10.3. The van der Waals surface area contributed by atoms with E-state index >= 15 is 0 Å². The van der Waals surface area contributed by atoms with Gasteiger partial charge in [0.05, 0.1) is 12.2 Å². The second-order valence-corrected chi connectivity index (χ2v) is 3.21. The van der Waals surface area contributed by atoms with E-state index in [-0.39, 0.29) is 12.2 Å². The fourth-order valence-corrected chi connectivity index (χ4v) is 1.19. The predicted octanol–water partition coefficient (Wildman–Crippen LogP) is 2.45. The Morgan fingerprint density at radius 3 is 2.80 bits per heavy atom. The lowest BCUT2D eigenvalue weighted by Crippen LogP contribution is -2.01. The van der Waals surface area contributed by atoms with Crippen molar-refractivity contribution in [2.75, 3.05) is 6.61 Å². The molecule has 0 saturated carbocycles. The first-order valence-corrected chi connectivity index (χ1v) is 4.74. The summed E-state index contributed by atoms with van der Waals surface area (Å²) in [5.74, 6) is -1.68. The number of hydrogen-bond acceptors (Lipinski definition) is 2. The lowest BCUT2D eigenvalue weighted by molar-refractivity contribution is 0.0695. The molecule has 0 aliphatic carbocycles. The van der Waals surface area contributed by atoms with Crippen molar-refractivity contribution in [2.24, 2.45) is 0 Å². The molecule has 82 valence electrons. The third kappa shape index (κ3) is 3.67. The highest BCUT2D eigenvalue weighted by atomic mass is 19.1. The van der Waals surface area contributed by atoms with Crippen LogP contribution in [0.4, 0.5) is 4.39 Å². The van der Waals surface area contributed by atoms with Crippen LogP contribution in [-0.4, -0.2) is 17.7 Å². The van der Waals surface area contributed by atoms with Crippen molar-refractivity contribution in [1.29, 1.82) is 0 Å². The Balaban J connectivity index is 2.75. The van der Waals surface area contributed by atoms with E-state index in [2.05, 4.69) is 0 Å². The van der Waals surface area contributed by atoms with E-state index in [9.17, 15) is 9.18 Å². The van der Waals surface area contributed by atoms with Gasteiger partial charge in [-0.1, -0.05) is 6.92 Å². The summed E-state index contributed by atoms with van der Waals surface area (Å²) in [5, 5.41) is 8.70. The molecule has 15 heavy (non-hydrogen) atoms. The van der Waals surface area contributed by atoms with Crippen molar-refractivity contribution in [1.82, 2.24) is 0 Å².